The molecule has 36 nitrogen and oxygen atoms in total. The lowest BCUT2D eigenvalue weighted by Gasteiger charge is -2.33. The number of nitrogens with one attached hydrogen (secondary N) is 4. The molecular weight excluding hydrogens is 1290 g/mol. The molecule has 8 amide bonds. The Labute approximate surface area is 557 Å². The van der Waals surface area contributed by atoms with Crippen molar-refractivity contribution in [1.82, 2.24) is 55.6 Å². The summed E-state index contributed by atoms with van der Waals surface area (Å²) in [7, 11) is 0. The van der Waals surface area contributed by atoms with E-state index in [-0.39, 0.29) is 108 Å². The first-order chi connectivity index (χ1) is 45.4. The van der Waals surface area contributed by atoms with Gasteiger partial charge >= 0.3 is 59.8 Å². The smallest absolute Gasteiger partial charge is 0.320 e. The van der Waals surface area contributed by atoms with Crippen molar-refractivity contribution in [1.29, 1.82) is 0 Å². The number of thioether (sulfide) groups is 1. The minimum Gasteiger partial charge on any atom is -0.480 e. The summed E-state index contributed by atoms with van der Waals surface area (Å²) in [5.41, 5.74) is 0. The number of fused-ring (bicyclic) bond motifs is 1. The summed E-state index contributed by atoms with van der Waals surface area (Å²) >= 11 is 1.83. The first-order valence-corrected chi connectivity index (χ1v) is 33.0. The zero-order chi connectivity index (χ0) is 71.4. The van der Waals surface area contributed by atoms with Gasteiger partial charge in [-0.3, -0.25) is 86.6 Å². The molecule has 96 heavy (non-hydrogen) atoms. The van der Waals surface area contributed by atoms with E-state index in [1.165, 1.54) is 19.6 Å². The standard InChI is InChI=1S/C59H93N11O25S/c71-43(12-3-1-7-21-61-44(72)13-6-5-11-42-55-38(37-96-42)62-59(95)63-55)60-22-8-2-4-14-45(73)64-23-9-24-66(47(75)19-16-40(57(91)92)69(33-51(81)82)34-52(83)84)29-30-67(48(76)20-17-41(58(93)94)70(35-53(85)86)36-54(87)88)26-10-25-65(28-27-64)46(74)18-15-39(56(89)90)68(31-49(77)78)32-50(79)80/h38-42,55H,1-37H2,(H,60,71)(H,61,72)(H,77,78)(H,79,80)(H,81,82)(H,83,84)(H,85,86)(H,87,88)(H,89,90)(H,91,92)(H,93,94)(H2,62,63,95)/t38-,39-,40-,41-,42-,55-/m0/s1. The molecule has 0 aromatic heterocycles. The third kappa shape index (κ3) is 31.9. The fourth-order valence-corrected chi connectivity index (χ4v) is 13.1. The van der Waals surface area contributed by atoms with Gasteiger partial charge < -0.3 is 86.8 Å². The number of unbranched alkanes of at least 4 members (excludes halogenated alkanes) is 5. The van der Waals surface area contributed by atoms with Gasteiger partial charge in [0.1, 0.15) is 18.1 Å². The highest BCUT2D eigenvalue weighted by molar-refractivity contribution is 8.00. The molecule has 3 rings (SSSR count). The van der Waals surface area contributed by atoms with Gasteiger partial charge in [0, 0.05) is 115 Å². The van der Waals surface area contributed by atoms with Gasteiger partial charge in [-0.15, -0.1) is 0 Å². The molecular formula is C59H93N11O25S. The van der Waals surface area contributed by atoms with Crippen LogP contribution < -0.4 is 21.3 Å². The molecule has 37 heteroatoms. The number of nitrogens with zero attached hydrogens (tertiary/aromatic N) is 7. The van der Waals surface area contributed by atoms with Crippen LogP contribution in [0.4, 0.5) is 4.79 Å². The van der Waals surface area contributed by atoms with E-state index in [0.29, 0.717) is 78.0 Å². The van der Waals surface area contributed by atoms with Crippen LogP contribution in [0.2, 0.25) is 0 Å². The maximum absolute atomic E-state index is 14.2. The lowest BCUT2D eigenvalue weighted by atomic mass is 10.0. The minimum absolute atomic E-state index is 0.0115. The molecule has 0 unspecified atom stereocenters. The van der Waals surface area contributed by atoms with Crippen molar-refractivity contribution >= 4 is 107 Å². The van der Waals surface area contributed by atoms with Crippen LogP contribution in [0.3, 0.4) is 0 Å². The molecule has 3 aliphatic heterocycles. The van der Waals surface area contributed by atoms with Crippen molar-refractivity contribution < 1.29 is 123 Å². The number of hydrogen-bond donors (Lipinski definition) is 13. The molecule has 3 fully saturated rings. The van der Waals surface area contributed by atoms with Crippen LogP contribution in [0.5, 0.6) is 0 Å². The summed E-state index contributed by atoms with van der Waals surface area (Å²) in [6.07, 6.45) is 2.68. The Morgan fingerprint density at radius 2 is 0.719 bits per heavy atom. The van der Waals surface area contributed by atoms with E-state index in [1.807, 2.05) is 11.8 Å². The van der Waals surface area contributed by atoms with Crippen molar-refractivity contribution in [3.63, 3.8) is 0 Å². The molecule has 3 heterocycles. The molecule has 3 saturated heterocycles. The predicted octanol–water partition coefficient (Wildman–Crippen LogP) is -1.71. The van der Waals surface area contributed by atoms with Crippen molar-refractivity contribution in [2.75, 3.05) is 110 Å². The monoisotopic (exact) mass is 1390 g/mol. The highest BCUT2D eigenvalue weighted by Gasteiger charge is 2.43. The van der Waals surface area contributed by atoms with Gasteiger partial charge in [-0.1, -0.05) is 19.3 Å². The SMILES string of the molecule is O=C(O)CN(CC(=O)O)[C@@H](CCC(=O)N1CCCN(C(=O)CC[C@@H](C(=O)O)N(CC(=O)O)CC(=O)O)CCN(C(=O)CC[C@@H](C(=O)O)N(CC(=O)O)CC(=O)O)CCCN(C(=O)CCCCCNC(=O)CCCCCNC(=O)CCCC[C@@H]2SC[C@@H]3NC(=O)N[C@@H]32)CC1)C(=O)O. The van der Waals surface area contributed by atoms with Crippen LogP contribution in [0.25, 0.3) is 0 Å². The number of amides is 8. The molecule has 0 radical (unpaired) electrons. The zero-order valence-electron chi connectivity index (χ0n) is 53.7. The Morgan fingerprint density at radius 1 is 0.406 bits per heavy atom. The number of urea groups is 1. The maximum atomic E-state index is 14.2. The quantitative estimate of drug-likeness (QED) is 0.0239. The second kappa shape index (κ2) is 43.6. The Hall–Kier alpha value is -8.45. The van der Waals surface area contributed by atoms with E-state index in [4.69, 9.17) is 0 Å². The summed E-state index contributed by atoms with van der Waals surface area (Å²) in [5.74, 6) is -16.3. The van der Waals surface area contributed by atoms with E-state index < -0.39 is 173 Å². The summed E-state index contributed by atoms with van der Waals surface area (Å²) < 4.78 is 0. The predicted molar refractivity (Wildman–Crippen MR) is 335 cm³/mol. The molecule has 0 spiro atoms. The van der Waals surface area contributed by atoms with E-state index in [2.05, 4.69) is 21.3 Å². The average molecular weight is 1390 g/mol. The molecule has 540 valence electrons. The number of carboxylic acid groups (broad SMARTS) is 9. The van der Waals surface area contributed by atoms with Gasteiger partial charge in [-0.25, -0.2) is 4.79 Å². The summed E-state index contributed by atoms with van der Waals surface area (Å²) in [6, 6.07) is -5.24. The molecule has 6 atom stereocenters. The molecule has 0 saturated carbocycles. The average Bonchev–Trinajstić information content (AvgIpc) is 1.66. The number of hydrogen-bond acceptors (Lipinski definition) is 20. The summed E-state index contributed by atoms with van der Waals surface area (Å²) in [6.45, 7) is -7.24. The Bertz CT molecular complexity index is 2660. The second-order valence-corrected chi connectivity index (χ2v) is 24.9. The molecule has 3 aliphatic rings. The second-order valence-electron chi connectivity index (χ2n) is 23.7. The first-order valence-electron chi connectivity index (χ1n) is 32.0. The molecule has 0 bridgehead atoms. The van der Waals surface area contributed by atoms with Crippen LogP contribution >= 0.6 is 11.8 Å². The number of aliphatic carboxylic acids is 9. The molecule has 0 aromatic rings. The number of rotatable bonds is 44. The fourth-order valence-electron chi connectivity index (χ4n) is 11.6. The van der Waals surface area contributed by atoms with Crippen LogP contribution in [-0.2, 0) is 71.9 Å². The van der Waals surface area contributed by atoms with E-state index in [9.17, 15) is 123 Å². The summed E-state index contributed by atoms with van der Waals surface area (Å²) in [4.78, 5) is 207. The van der Waals surface area contributed by atoms with Crippen molar-refractivity contribution in [2.24, 2.45) is 0 Å². The van der Waals surface area contributed by atoms with Gasteiger partial charge in [0.15, 0.2) is 0 Å². The van der Waals surface area contributed by atoms with E-state index >= 15 is 0 Å². The number of carboxylic acids is 9. The Kier molecular flexibility index (Phi) is 37.1. The Balaban J connectivity index is 1.77. The maximum Gasteiger partial charge on any atom is 0.320 e. The van der Waals surface area contributed by atoms with E-state index in [1.54, 1.807) is 0 Å². The van der Waals surface area contributed by atoms with Crippen molar-refractivity contribution in [3.8, 4) is 0 Å². The lowest BCUT2D eigenvalue weighted by molar-refractivity contribution is -0.152. The van der Waals surface area contributed by atoms with Gasteiger partial charge in [-0.2, -0.15) is 11.8 Å². The lowest BCUT2D eigenvalue weighted by Crippen LogP contribution is -2.49. The topological polar surface area (TPSA) is 526 Å². The summed E-state index contributed by atoms with van der Waals surface area (Å²) in [5, 5.41) is 98.9. The van der Waals surface area contributed by atoms with Crippen molar-refractivity contribution in [3.05, 3.63) is 0 Å². The number of carbonyl (C=O) groups excluding carboxylic acids is 7. The highest BCUT2D eigenvalue weighted by Crippen LogP contribution is 2.33. The third-order valence-electron chi connectivity index (χ3n) is 16.4. The molecule has 13 N–H and O–H groups in total. The largest absolute Gasteiger partial charge is 0.480 e. The van der Waals surface area contributed by atoms with Gasteiger partial charge in [0.25, 0.3) is 0 Å². The minimum atomic E-state index is -1.81. The van der Waals surface area contributed by atoms with Crippen LogP contribution in [0, 0.1) is 0 Å². The molecule has 0 aliphatic carbocycles. The normalized spacial score (nSPS) is 17.9. The van der Waals surface area contributed by atoms with Crippen LogP contribution in [0.15, 0.2) is 0 Å². The van der Waals surface area contributed by atoms with Crippen molar-refractivity contribution in [2.45, 2.75) is 164 Å². The fraction of sp³-hybridized carbons (Fsp3) is 0.729. The Morgan fingerprint density at radius 3 is 1.04 bits per heavy atom. The number of carbonyl (C=O) groups is 16. The van der Waals surface area contributed by atoms with Gasteiger partial charge in [-0.05, 0) is 70.6 Å². The molecule has 0 aromatic carbocycles. The van der Waals surface area contributed by atoms with E-state index in [0.717, 1.165) is 25.0 Å². The van der Waals surface area contributed by atoms with Gasteiger partial charge in [0.2, 0.25) is 35.4 Å². The highest BCUT2D eigenvalue weighted by atomic mass is 32.2. The van der Waals surface area contributed by atoms with Gasteiger partial charge in [0.05, 0.1) is 51.4 Å². The zero-order valence-corrected chi connectivity index (χ0v) is 54.5. The first kappa shape index (κ1) is 81.8. The van der Waals surface area contributed by atoms with Crippen LogP contribution in [0.1, 0.15) is 128 Å². The van der Waals surface area contributed by atoms with Crippen LogP contribution in [-0.4, -0.2) is 321 Å². The third-order valence-corrected chi connectivity index (χ3v) is 17.9.